The highest BCUT2D eigenvalue weighted by atomic mass is 32.2. The summed E-state index contributed by atoms with van der Waals surface area (Å²) in [6, 6.07) is 5.86. The number of nitrogens with zero attached hydrogens (tertiary/aromatic N) is 2. The summed E-state index contributed by atoms with van der Waals surface area (Å²) < 4.78 is 29.3. The molecule has 0 aliphatic carbocycles. The third-order valence-corrected chi connectivity index (χ3v) is 6.89. The molecule has 1 spiro atoms. The van der Waals surface area contributed by atoms with E-state index in [4.69, 9.17) is 4.74 Å². The predicted octanol–water partition coefficient (Wildman–Crippen LogP) is 1.41. The highest BCUT2D eigenvalue weighted by Gasteiger charge is 2.52. The van der Waals surface area contributed by atoms with Crippen molar-refractivity contribution in [1.29, 1.82) is 0 Å². The van der Waals surface area contributed by atoms with Crippen LogP contribution in [0.1, 0.15) is 19.8 Å². The molecule has 2 aliphatic heterocycles. The molecule has 0 amide bonds. The Kier molecular flexibility index (Phi) is 5.42. The minimum absolute atomic E-state index is 0.0538. The Balaban J connectivity index is 1.43. The van der Waals surface area contributed by atoms with Gasteiger partial charge in [-0.15, -0.1) is 0 Å². The summed E-state index contributed by atoms with van der Waals surface area (Å²) >= 11 is 0. The first-order valence-corrected chi connectivity index (χ1v) is 10.6. The van der Waals surface area contributed by atoms with Crippen LogP contribution in [0, 0.1) is 5.92 Å². The maximum atomic E-state index is 11.6. The van der Waals surface area contributed by atoms with E-state index in [0.717, 1.165) is 44.9 Å². The Morgan fingerprint density at radius 2 is 2.25 bits per heavy atom. The molecule has 0 radical (unpaired) electrons. The first kappa shape index (κ1) is 17.6. The zero-order valence-electron chi connectivity index (χ0n) is 14.3. The van der Waals surface area contributed by atoms with E-state index in [0.29, 0.717) is 12.5 Å². The normalized spacial score (nSPS) is 23.3. The summed E-state index contributed by atoms with van der Waals surface area (Å²) in [4.78, 5) is 6.48. The van der Waals surface area contributed by atoms with Crippen molar-refractivity contribution in [1.82, 2.24) is 9.88 Å². The lowest BCUT2D eigenvalue weighted by Crippen LogP contribution is -2.65. The van der Waals surface area contributed by atoms with Gasteiger partial charge < -0.3 is 10.1 Å². The number of hydrogen-bond acceptors (Lipinski definition) is 6. The van der Waals surface area contributed by atoms with Crippen LogP contribution >= 0.6 is 0 Å². The zero-order valence-corrected chi connectivity index (χ0v) is 15.1. The van der Waals surface area contributed by atoms with E-state index in [1.807, 2.05) is 18.2 Å². The molecule has 2 saturated heterocycles. The van der Waals surface area contributed by atoms with Crippen molar-refractivity contribution in [3.05, 3.63) is 24.4 Å². The molecule has 3 rings (SSSR count). The van der Waals surface area contributed by atoms with Gasteiger partial charge in [0, 0.05) is 44.7 Å². The number of pyridine rings is 1. The second kappa shape index (κ2) is 7.37. The van der Waals surface area contributed by atoms with E-state index in [1.54, 1.807) is 13.1 Å². The molecule has 0 aromatic carbocycles. The number of aromatic nitrogens is 1. The SMILES string of the molecule is CCS(=O)(=O)CCN1CC2(C1)OCC[C@H]2CCNc1ccccn1. The van der Waals surface area contributed by atoms with Crippen molar-refractivity contribution in [2.45, 2.75) is 25.4 Å². The van der Waals surface area contributed by atoms with E-state index in [2.05, 4.69) is 15.2 Å². The molecule has 1 N–H and O–H groups in total. The standard InChI is InChI=1S/C17H27N3O3S/c1-2-24(21,22)12-10-20-13-17(14-20)15(7-11-23-17)6-9-19-16-5-3-4-8-18-16/h3-5,8,15H,2,6-7,9-14H2,1H3,(H,18,19)/t15-/m1/s1. The largest absolute Gasteiger partial charge is 0.372 e. The molecule has 1 aromatic heterocycles. The Labute approximate surface area is 144 Å². The molecule has 134 valence electrons. The molecule has 2 fully saturated rings. The van der Waals surface area contributed by atoms with E-state index in [1.165, 1.54) is 0 Å². The van der Waals surface area contributed by atoms with Gasteiger partial charge in [-0.1, -0.05) is 13.0 Å². The van der Waals surface area contributed by atoms with Crippen LogP contribution in [-0.4, -0.2) is 68.2 Å². The van der Waals surface area contributed by atoms with Crippen LogP contribution < -0.4 is 5.32 Å². The van der Waals surface area contributed by atoms with Gasteiger partial charge in [0.15, 0.2) is 9.84 Å². The fraction of sp³-hybridized carbons (Fsp3) is 0.706. The molecule has 0 unspecified atom stereocenters. The Morgan fingerprint density at radius 3 is 2.96 bits per heavy atom. The highest BCUT2D eigenvalue weighted by Crippen LogP contribution is 2.41. The van der Waals surface area contributed by atoms with Gasteiger partial charge in [0.2, 0.25) is 0 Å². The first-order chi connectivity index (χ1) is 11.5. The van der Waals surface area contributed by atoms with Crippen molar-refractivity contribution in [2.75, 3.05) is 49.6 Å². The maximum absolute atomic E-state index is 11.6. The number of hydrogen-bond donors (Lipinski definition) is 1. The zero-order chi connectivity index (χ0) is 17.0. The van der Waals surface area contributed by atoms with E-state index in [9.17, 15) is 8.42 Å². The average molecular weight is 353 g/mol. The smallest absolute Gasteiger partial charge is 0.151 e. The predicted molar refractivity (Wildman–Crippen MR) is 94.9 cm³/mol. The highest BCUT2D eigenvalue weighted by molar-refractivity contribution is 7.91. The second-order valence-electron chi connectivity index (χ2n) is 6.78. The van der Waals surface area contributed by atoms with E-state index < -0.39 is 9.84 Å². The van der Waals surface area contributed by atoms with Gasteiger partial charge in [0.1, 0.15) is 5.82 Å². The van der Waals surface area contributed by atoms with E-state index in [-0.39, 0.29) is 17.1 Å². The Morgan fingerprint density at radius 1 is 1.42 bits per heavy atom. The summed E-state index contributed by atoms with van der Waals surface area (Å²) in [6.45, 7) is 5.76. The monoisotopic (exact) mass is 353 g/mol. The third kappa shape index (κ3) is 4.07. The van der Waals surface area contributed by atoms with Gasteiger partial charge >= 0.3 is 0 Å². The Bertz CT molecular complexity index is 630. The Hall–Kier alpha value is -1.18. The van der Waals surface area contributed by atoms with Crippen molar-refractivity contribution >= 4 is 15.7 Å². The number of nitrogens with one attached hydrogen (secondary N) is 1. The lowest BCUT2D eigenvalue weighted by molar-refractivity contribution is -0.131. The number of sulfone groups is 1. The molecule has 1 aromatic rings. The molecular formula is C17H27N3O3S. The van der Waals surface area contributed by atoms with Crippen LogP contribution in [0.5, 0.6) is 0 Å². The van der Waals surface area contributed by atoms with Gasteiger partial charge in [-0.2, -0.15) is 0 Å². The molecule has 6 nitrogen and oxygen atoms in total. The van der Waals surface area contributed by atoms with Gasteiger partial charge in [0.05, 0.1) is 11.4 Å². The van der Waals surface area contributed by atoms with Crippen LogP contribution in [0.2, 0.25) is 0 Å². The van der Waals surface area contributed by atoms with Crippen molar-refractivity contribution in [2.24, 2.45) is 5.92 Å². The molecule has 1 atom stereocenters. The van der Waals surface area contributed by atoms with Crippen LogP contribution in [0.4, 0.5) is 5.82 Å². The van der Waals surface area contributed by atoms with Crippen molar-refractivity contribution < 1.29 is 13.2 Å². The maximum Gasteiger partial charge on any atom is 0.151 e. The second-order valence-corrected chi connectivity index (χ2v) is 9.25. The summed E-state index contributed by atoms with van der Waals surface area (Å²) in [5, 5.41) is 3.36. The number of rotatable bonds is 8. The van der Waals surface area contributed by atoms with Crippen LogP contribution in [-0.2, 0) is 14.6 Å². The minimum atomic E-state index is -2.88. The molecule has 0 saturated carbocycles. The van der Waals surface area contributed by atoms with Gasteiger partial charge in [-0.05, 0) is 30.9 Å². The fourth-order valence-electron chi connectivity index (χ4n) is 3.67. The van der Waals surface area contributed by atoms with Crippen molar-refractivity contribution in [3.8, 4) is 0 Å². The summed E-state index contributed by atoms with van der Waals surface area (Å²) in [6.07, 6.45) is 3.93. The lowest BCUT2D eigenvalue weighted by Gasteiger charge is -2.50. The van der Waals surface area contributed by atoms with Gasteiger partial charge in [-0.3, -0.25) is 4.90 Å². The van der Waals surface area contributed by atoms with Gasteiger partial charge in [-0.25, -0.2) is 13.4 Å². The third-order valence-electron chi connectivity index (χ3n) is 5.20. The number of likely N-dealkylation sites (tertiary alicyclic amines) is 1. The molecule has 3 heterocycles. The summed E-state index contributed by atoms with van der Waals surface area (Å²) in [5.41, 5.74) is -0.0538. The molecule has 2 aliphatic rings. The van der Waals surface area contributed by atoms with Crippen LogP contribution in [0.15, 0.2) is 24.4 Å². The quantitative estimate of drug-likeness (QED) is 0.762. The van der Waals surface area contributed by atoms with Crippen LogP contribution in [0.25, 0.3) is 0 Å². The van der Waals surface area contributed by atoms with E-state index >= 15 is 0 Å². The first-order valence-electron chi connectivity index (χ1n) is 8.75. The molecule has 24 heavy (non-hydrogen) atoms. The topological polar surface area (TPSA) is 71.5 Å². The van der Waals surface area contributed by atoms with Crippen molar-refractivity contribution in [3.63, 3.8) is 0 Å². The molecular weight excluding hydrogens is 326 g/mol. The minimum Gasteiger partial charge on any atom is -0.372 e. The molecule has 7 heteroatoms. The van der Waals surface area contributed by atoms with Gasteiger partial charge in [0.25, 0.3) is 0 Å². The number of ether oxygens (including phenoxy) is 1. The average Bonchev–Trinajstić information content (AvgIpc) is 2.97. The molecule has 0 bridgehead atoms. The summed E-state index contributed by atoms with van der Waals surface area (Å²) in [5.74, 6) is 1.92. The van der Waals surface area contributed by atoms with Crippen LogP contribution in [0.3, 0.4) is 0 Å². The lowest BCUT2D eigenvalue weighted by atomic mass is 9.79. The number of anilines is 1. The fourth-order valence-corrected chi connectivity index (χ4v) is 4.49. The summed E-state index contributed by atoms with van der Waals surface area (Å²) in [7, 11) is -2.88.